The van der Waals surface area contributed by atoms with E-state index in [1.807, 2.05) is 48.5 Å². The Morgan fingerprint density at radius 3 is 0.320 bits per heavy atom. The first-order valence-corrected chi connectivity index (χ1v) is 43.4. The van der Waals surface area contributed by atoms with E-state index in [1.54, 1.807) is 97.1 Å². The molecule has 0 aromatic heterocycles. The van der Waals surface area contributed by atoms with Crippen molar-refractivity contribution in [3.8, 4) is 113 Å². The highest BCUT2D eigenvalue weighted by molar-refractivity contribution is 6.00. The van der Waals surface area contributed by atoms with Crippen molar-refractivity contribution < 1.29 is 40.9 Å². The van der Waals surface area contributed by atoms with Crippen molar-refractivity contribution in [1.82, 2.24) is 0 Å². The minimum atomic E-state index is -1.00. The fraction of sp³-hybridized carbons (Fsp3) is 0.0500. The molecule has 0 amide bonds. The summed E-state index contributed by atoms with van der Waals surface area (Å²) in [5, 5.41) is 89.3. The average molecular weight is 1650 g/mol. The standard InChI is InChI=1S/C120H78O8/c121-83-49-33-75(34-50-83)115(71-25-29-73(30-26-71)117(77-37-53-85(123)54-38-77)105-21-9-3-15-93(105)99-69-113-101(67-111(99)117)95-17-5-11-23-107(95)119(113,79-41-57-87(125)58-42-79)80-43-59-88(126)60-44-80)103-19-7-1-13-91(103)97-65-110-98(66-109(97)115)92-14-2-8-20-104(92)116(110,76-35-51-84(122)52-36-76)72-27-31-74(32-28-72)118(78-39-55-86(124)56-40-78)106-22-10-4-16-94(106)100-70-114-102(68-112(100)118)96-18-6-12-24-108(96)120(114,81-45-61-89(127)62-46-81)82-47-63-90(128)64-48-82/h1-70,121-128H. The van der Waals surface area contributed by atoms with E-state index >= 15 is 0 Å². The Labute approximate surface area is 739 Å². The van der Waals surface area contributed by atoms with Crippen molar-refractivity contribution in [2.75, 3.05) is 0 Å². The summed E-state index contributed by atoms with van der Waals surface area (Å²) in [6.07, 6.45) is 0. The molecule has 4 atom stereocenters. The van der Waals surface area contributed by atoms with Gasteiger partial charge < -0.3 is 40.9 Å². The van der Waals surface area contributed by atoms with Gasteiger partial charge in [0.05, 0.1) is 32.5 Å². The molecule has 8 heteroatoms. The monoisotopic (exact) mass is 1650 g/mol. The summed E-state index contributed by atoms with van der Waals surface area (Å²) < 4.78 is 0. The van der Waals surface area contributed by atoms with Crippen LogP contribution in [0.2, 0.25) is 0 Å². The van der Waals surface area contributed by atoms with Gasteiger partial charge in [0.15, 0.2) is 0 Å². The molecule has 8 N–H and O–H groups in total. The highest BCUT2D eigenvalue weighted by atomic mass is 16.3. The molecule has 6 aliphatic rings. The second-order valence-corrected chi connectivity index (χ2v) is 35.1. The van der Waals surface area contributed by atoms with Crippen LogP contribution in [0.5, 0.6) is 46.0 Å². The van der Waals surface area contributed by atoms with Crippen LogP contribution in [-0.2, 0) is 32.5 Å². The normalized spacial score (nSPS) is 18.2. The Bertz CT molecular complexity index is 7280. The summed E-state index contributed by atoms with van der Waals surface area (Å²) in [4.78, 5) is 0. The Kier molecular flexibility index (Phi) is 15.7. The molecule has 0 saturated carbocycles. The highest BCUT2D eigenvalue weighted by Crippen LogP contribution is 2.69. The number of hydrogen-bond acceptors (Lipinski definition) is 8. The van der Waals surface area contributed by atoms with Crippen LogP contribution in [0.4, 0.5) is 0 Å². The lowest BCUT2D eigenvalue weighted by molar-refractivity contribution is 0.473. The summed E-state index contributed by atoms with van der Waals surface area (Å²) in [6.45, 7) is 0. The fourth-order valence-corrected chi connectivity index (χ4v) is 24.5. The van der Waals surface area contributed by atoms with Crippen molar-refractivity contribution >= 4 is 0 Å². The molecule has 0 spiro atoms. The van der Waals surface area contributed by atoms with E-state index < -0.39 is 32.5 Å². The molecule has 0 radical (unpaired) electrons. The Morgan fingerprint density at radius 1 is 0.102 bits per heavy atom. The van der Waals surface area contributed by atoms with Crippen LogP contribution in [0.1, 0.15) is 134 Å². The van der Waals surface area contributed by atoms with Gasteiger partial charge in [-0.1, -0.05) is 291 Å². The van der Waals surface area contributed by atoms with Crippen LogP contribution in [0, 0.1) is 0 Å². The first-order valence-electron chi connectivity index (χ1n) is 43.4. The van der Waals surface area contributed by atoms with Gasteiger partial charge in [-0.25, -0.2) is 0 Å². The lowest BCUT2D eigenvalue weighted by atomic mass is 9.64. The topological polar surface area (TPSA) is 162 Å². The number of phenols is 8. The van der Waals surface area contributed by atoms with Crippen LogP contribution in [0.3, 0.4) is 0 Å². The lowest BCUT2D eigenvalue weighted by Gasteiger charge is -2.37. The van der Waals surface area contributed by atoms with E-state index in [4.69, 9.17) is 0 Å². The van der Waals surface area contributed by atoms with E-state index in [-0.39, 0.29) is 46.0 Å². The molecule has 19 aromatic rings. The van der Waals surface area contributed by atoms with E-state index in [9.17, 15) is 40.9 Å². The number of rotatable bonds is 12. The summed E-state index contributed by atoms with van der Waals surface area (Å²) >= 11 is 0. The third kappa shape index (κ3) is 9.67. The summed E-state index contributed by atoms with van der Waals surface area (Å²) in [5.74, 6) is 1.25. The molecule has 19 aromatic carbocycles. The number of fused-ring (bicyclic) bond motifs is 18. The Morgan fingerprint density at radius 2 is 0.203 bits per heavy atom. The van der Waals surface area contributed by atoms with E-state index in [0.29, 0.717) is 0 Å². The number of hydrogen-bond donors (Lipinski definition) is 8. The second kappa shape index (κ2) is 27.0. The van der Waals surface area contributed by atoms with Gasteiger partial charge in [-0.15, -0.1) is 0 Å². The highest BCUT2D eigenvalue weighted by Gasteiger charge is 2.57. The van der Waals surface area contributed by atoms with Crippen molar-refractivity contribution in [1.29, 1.82) is 0 Å². The number of benzene rings is 19. The van der Waals surface area contributed by atoms with E-state index in [2.05, 4.69) is 279 Å². The molecule has 25 rings (SSSR count). The van der Waals surface area contributed by atoms with Gasteiger partial charge in [0.25, 0.3) is 0 Å². The third-order valence-electron chi connectivity index (χ3n) is 29.5. The molecule has 0 aliphatic heterocycles. The molecule has 0 heterocycles. The van der Waals surface area contributed by atoms with Gasteiger partial charge in [-0.2, -0.15) is 0 Å². The van der Waals surface area contributed by atoms with Gasteiger partial charge >= 0.3 is 0 Å². The maximum absolute atomic E-state index is 11.5. The van der Waals surface area contributed by atoms with Crippen molar-refractivity contribution in [2.24, 2.45) is 0 Å². The van der Waals surface area contributed by atoms with Crippen LogP contribution in [0.15, 0.2) is 425 Å². The predicted molar refractivity (Wildman–Crippen MR) is 504 cm³/mol. The Balaban J connectivity index is 0.692. The zero-order chi connectivity index (χ0) is 85.9. The molecule has 4 unspecified atom stereocenters. The predicted octanol–water partition coefficient (Wildman–Crippen LogP) is 25.5. The zero-order valence-corrected chi connectivity index (χ0v) is 69.0. The fourth-order valence-electron chi connectivity index (χ4n) is 24.5. The third-order valence-corrected chi connectivity index (χ3v) is 29.5. The molecule has 6 aliphatic carbocycles. The van der Waals surface area contributed by atoms with Crippen LogP contribution >= 0.6 is 0 Å². The molecule has 606 valence electrons. The molecule has 128 heavy (non-hydrogen) atoms. The number of aromatic hydroxyl groups is 8. The summed E-state index contributed by atoms with van der Waals surface area (Å²) in [5.41, 5.74) is 31.7. The molecule has 0 saturated heterocycles. The van der Waals surface area contributed by atoms with Crippen molar-refractivity contribution in [3.63, 3.8) is 0 Å². The largest absolute Gasteiger partial charge is 0.508 e. The maximum atomic E-state index is 11.5. The van der Waals surface area contributed by atoms with E-state index in [1.165, 1.54) is 0 Å². The summed E-state index contributed by atoms with van der Waals surface area (Å²) in [6, 6.07) is 147. The van der Waals surface area contributed by atoms with Crippen molar-refractivity contribution in [2.45, 2.75) is 32.5 Å². The quantitative estimate of drug-likeness (QED) is 0.0600. The van der Waals surface area contributed by atoms with Crippen LogP contribution in [0.25, 0.3) is 66.8 Å². The molecule has 8 nitrogen and oxygen atoms in total. The maximum Gasteiger partial charge on any atom is 0.115 e. The van der Waals surface area contributed by atoms with Gasteiger partial charge in [0, 0.05) is 0 Å². The summed E-state index contributed by atoms with van der Waals surface area (Å²) in [7, 11) is 0. The lowest BCUT2D eigenvalue weighted by Crippen LogP contribution is -2.31. The average Bonchev–Trinajstić information content (AvgIpc) is 1.51. The molecule has 0 bridgehead atoms. The SMILES string of the molecule is Oc1ccc(C2(c3ccc(O)cc3)c3ccccc3-c3cc4c(cc32)-c2ccccc2C4(c2ccc(O)cc2)c2ccc(C3(c4ccc(O)cc4)c4ccccc4-c4cc5c(cc43)-c3ccccc3C5(c3ccc(O)cc3)c3ccc(C4(c5ccc(O)cc5)c5ccccc5-c5cc6c(cc54)-c4ccccc4C6(c4ccc(O)cc4)c4ccc(O)cc4)cc3)cc2)cc1. The van der Waals surface area contributed by atoms with Gasteiger partial charge in [0.1, 0.15) is 46.0 Å². The molecular formula is C120H78O8. The van der Waals surface area contributed by atoms with Crippen LogP contribution in [-0.4, -0.2) is 40.9 Å². The first kappa shape index (κ1) is 74.2. The smallest absolute Gasteiger partial charge is 0.115 e. The minimum absolute atomic E-state index is 0.148. The van der Waals surface area contributed by atoms with Gasteiger partial charge in [0.2, 0.25) is 0 Å². The molecular weight excluding hydrogens is 1570 g/mol. The van der Waals surface area contributed by atoms with Gasteiger partial charge in [-0.05, 0) is 334 Å². The van der Waals surface area contributed by atoms with Gasteiger partial charge in [-0.3, -0.25) is 0 Å². The molecule has 0 fully saturated rings. The zero-order valence-electron chi connectivity index (χ0n) is 69.0. The number of phenolic OH excluding ortho intramolecular Hbond substituents is 8. The van der Waals surface area contributed by atoms with E-state index in [0.717, 1.165) is 200 Å². The Hall–Kier alpha value is -16.4. The second-order valence-electron chi connectivity index (χ2n) is 35.1. The minimum Gasteiger partial charge on any atom is -0.508 e. The first-order chi connectivity index (χ1) is 62.7. The van der Waals surface area contributed by atoms with Crippen molar-refractivity contribution in [3.05, 3.63) is 558 Å². The van der Waals surface area contributed by atoms with Crippen LogP contribution < -0.4 is 0 Å².